The Hall–Kier alpha value is -4.24. The number of imide groups is 2. The van der Waals surface area contributed by atoms with Crippen molar-refractivity contribution in [3.8, 4) is 5.75 Å². The lowest BCUT2D eigenvalue weighted by atomic mass is 10.1. The van der Waals surface area contributed by atoms with Crippen LogP contribution in [0.4, 0.5) is 10.5 Å². The molecule has 0 saturated carbocycles. The molecule has 0 spiro atoms. The molecule has 0 atom stereocenters. The molecule has 1 aliphatic rings. The maximum Gasteiger partial charge on any atom is 0.338 e. The number of rotatable bonds is 7. The van der Waals surface area contributed by atoms with Crippen molar-refractivity contribution in [2.45, 2.75) is 13.5 Å². The molecule has 1 saturated heterocycles. The Labute approximate surface area is 215 Å². The molecular formula is C27H21BrN2O6. The molecule has 182 valence electrons. The first-order chi connectivity index (χ1) is 17.4. The van der Waals surface area contributed by atoms with Crippen molar-refractivity contribution in [3.63, 3.8) is 0 Å². The molecular weight excluding hydrogens is 528 g/mol. The van der Waals surface area contributed by atoms with Gasteiger partial charge in [-0.15, -0.1) is 0 Å². The molecule has 36 heavy (non-hydrogen) atoms. The summed E-state index contributed by atoms with van der Waals surface area (Å²) in [7, 11) is 0. The van der Waals surface area contributed by atoms with Crippen molar-refractivity contribution in [2.24, 2.45) is 0 Å². The van der Waals surface area contributed by atoms with E-state index in [2.05, 4.69) is 21.2 Å². The molecule has 8 nitrogen and oxygen atoms in total. The van der Waals surface area contributed by atoms with Gasteiger partial charge in [0.2, 0.25) is 0 Å². The Balaban J connectivity index is 1.49. The highest BCUT2D eigenvalue weighted by Gasteiger charge is 2.36. The quantitative estimate of drug-likeness (QED) is 0.256. The van der Waals surface area contributed by atoms with Crippen LogP contribution in [0.3, 0.4) is 0 Å². The van der Waals surface area contributed by atoms with Gasteiger partial charge in [0.25, 0.3) is 11.8 Å². The van der Waals surface area contributed by atoms with Crippen LogP contribution < -0.4 is 15.0 Å². The number of benzene rings is 3. The summed E-state index contributed by atoms with van der Waals surface area (Å²) in [5.74, 6) is -1.46. The van der Waals surface area contributed by atoms with E-state index in [1.54, 1.807) is 31.2 Å². The highest BCUT2D eigenvalue weighted by molar-refractivity contribution is 9.10. The molecule has 9 heteroatoms. The van der Waals surface area contributed by atoms with Crippen LogP contribution in [0.2, 0.25) is 0 Å². The molecule has 4 amide bonds. The van der Waals surface area contributed by atoms with Gasteiger partial charge in [-0.2, -0.15) is 0 Å². The zero-order chi connectivity index (χ0) is 25.7. The molecule has 0 aliphatic carbocycles. The summed E-state index contributed by atoms with van der Waals surface area (Å²) in [6.45, 7) is 2.31. The van der Waals surface area contributed by atoms with Gasteiger partial charge in [-0.05, 0) is 72.7 Å². The number of carbonyl (C=O) groups is 4. The predicted molar refractivity (Wildman–Crippen MR) is 136 cm³/mol. The van der Waals surface area contributed by atoms with Crippen molar-refractivity contribution >= 4 is 51.5 Å². The monoisotopic (exact) mass is 548 g/mol. The second-order valence-corrected chi connectivity index (χ2v) is 8.63. The molecule has 1 N–H and O–H groups in total. The fraction of sp³-hybridized carbons (Fsp3) is 0.111. The predicted octanol–water partition coefficient (Wildman–Crippen LogP) is 4.87. The van der Waals surface area contributed by atoms with Gasteiger partial charge in [0.1, 0.15) is 17.9 Å². The highest BCUT2D eigenvalue weighted by Crippen LogP contribution is 2.24. The second-order valence-electron chi connectivity index (χ2n) is 7.71. The molecule has 1 aliphatic heterocycles. The van der Waals surface area contributed by atoms with Gasteiger partial charge >= 0.3 is 12.0 Å². The van der Waals surface area contributed by atoms with Gasteiger partial charge in [-0.25, -0.2) is 14.5 Å². The van der Waals surface area contributed by atoms with Crippen LogP contribution in [-0.2, 0) is 20.9 Å². The van der Waals surface area contributed by atoms with Gasteiger partial charge in [0.05, 0.1) is 17.9 Å². The van der Waals surface area contributed by atoms with E-state index in [4.69, 9.17) is 9.47 Å². The van der Waals surface area contributed by atoms with E-state index in [1.165, 1.54) is 30.3 Å². The number of carbonyl (C=O) groups excluding carboxylic acids is 4. The Bertz CT molecular complexity index is 1330. The highest BCUT2D eigenvalue weighted by atomic mass is 79.9. The van der Waals surface area contributed by atoms with Gasteiger partial charge in [-0.1, -0.05) is 40.2 Å². The number of halogens is 1. The largest absolute Gasteiger partial charge is 0.489 e. The van der Waals surface area contributed by atoms with Crippen molar-refractivity contribution in [2.75, 3.05) is 11.5 Å². The van der Waals surface area contributed by atoms with E-state index in [1.807, 2.05) is 24.3 Å². The normalized spacial score (nSPS) is 14.6. The van der Waals surface area contributed by atoms with Crippen LogP contribution >= 0.6 is 15.9 Å². The molecule has 4 rings (SSSR count). The Morgan fingerprint density at radius 3 is 2.25 bits per heavy atom. The summed E-state index contributed by atoms with van der Waals surface area (Å²) < 4.78 is 11.7. The number of ether oxygens (including phenoxy) is 2. The first-order valence-corrected chi connectivity index (χ1v) is 11.8. The van der Waals surface area contributed by atoms with Crippen LogP contribution in [-0.4, -0.2) is 30.4 Å². The minimum Gasteiger partial charge on any atom is -0.489 e. The van der Waals surface area contributed by atoms with Crippen LogP contribution in [0.15, 0.2) is 82.8 Å². The van der Waals surface area contributed by atoms with E-state index in [0.29, 0.717) is 17.9 Å². The Morgan fingerprint density at radius 1 is 0.944 bits per heavy atom. The number of urea groups is 1. The number of hydrogen-bond acceptors (Lipinski definition) is 6. The van der Waals surface area contributed by atoms with E-state index in [-0.39, 0.29) is 23.4 Å². The summed E-state index contributed by atoms with van der Waals surface area (Å²) in [4.78, 5) is 50.6. The van der Waals surface area contributed by atoms with Crippen molar-refractivity contribution < 1.29 is 28.7 Å². The van der Waals surface area contributed by atoms with Crippen molar-refractivity contribution in [3.05, 3.63) is 99.5 Å². The number of barbiturate groups is 1. The fourth-order valence-electron chi connectivity index (χ4n) is 3.43. The molecule has 3 aromatic carbocycles. The third-order valence-electron chi connectivity index (χ3n) is 5.25. The van der Waals surface area contributed by atoms with Crippen LogP contribution in [0, 0.1) is 0 Å². The second kappa shape index (κ2) is 11.0. The minimum atomic E-state index is -0.872. The maximum absolute atomic E-state index is 13.1. The number of nitrogens with one attached hydrogen (secondary N) is 1. The Morgan fingerprint density at radius 2 is 1.61 bits per heavy atom. The van der Waals surface area contributed by atoms with E-state index < -0.39 is 23.8 Å². The fourth-order valence-corrected chi connectivity index (χ4v) is 3.69. The molecule has 1 heterocycles. The van der Waals surface area contributed by atoms with E-state index in [0.717, 1.165) is 14.9 Å². The van der Waals surface area contributed by atoms with Crippen LogP contribution in [0.25, 0.3) is 6.08 Å². The molecule has 3 aromatic rings. The number of hydrogen-bond donors (Lipinski definition) is 1. The number of anilines is 1. The van der Waals surface area contributed by atoms with Crippen molar-refractivity contribution in [1.29, 1.82) is 0 Å². The van der Waals surface area contributed by atoms with Gasteiger partial charge in [0.15, 0.2) is 0 Å². The van der Waals surface area contributed by atoms with Crippen LogP contribution in [0.1, 0.15) is 28.4 Å². The van der Waals surface area contributed by atoms with Gasteiger partial charge < -0.3 is 9.47 Å². The van der Waals surface area contributed by atoms with Crippen molar-refractivity contribution in [1.82, 2.24) is 5.32 Å². The average molecular weight is 549 g/mol. The minimum absolute atomic E-state index is 0.201. The molecule has 1 fully saturated rings. The SMILES string of the molecule is CCOC(=O)c1ccc(N2C(=O)NC(=O)/C(=C\c3ccc(OCc4ccc(Br)cc4)cc3)C2=O)cc1. The summed E-state index contributed by atoms with van der Waals surface area (Å²) in [6.07, 6.45) is 1.41. The molecule has 0 aromatic heterocycles. The summed E-state index contributed by atoms with van der Waals surface area (Å²) in [5.41, 5.74) is 1.87. The summed E-state index contributed by atoms with van der Waals surface area (Å²) >= 11 is 3.39. The zero-order valence-corrected chi connectivity index (χ0v) is 20.8. The lowest BCUT2D eigenvalue weighted by Gasteiger charge is -2.26. The summed E-state index contributed by atoms with van der Waals surface area (Å²) in [6, 6.07) is 19.5. The standard InChI is InChI=1S/C27H21BrN2O6/c1-2-35-26(33)19-7-11-21(12-8-19)30-25(32)23(24(31)29-27(30)34)15-17-5-13-22(14-6-17)36-16-18-3-9-20(28)10-4-18/h3-15H,2,16H2,1H3,(H,29,31,34)/b23-15+. The average Bonchev–Trinajstić information content (AvgIpc) is 2.87. The van der Waals surface area contributed by atoms with E-state index in [9.17, 15) is 19.2 Å². The van der Waals surface area contributed by atoms with Crippen LogP contribution in [0.5, 0.6) is 5.75 Å². The van der Waals surface area contributed by atoms with Gasteiger partial charge in [-0.3, -0.25) is 14.9 Å². The first kappa shape index (κ1) is 24.9. The zero-order valence-electron chi connectivity index (χ0n) is 19.2. The smallest absolute Gasteiger partial charge is 0.338 e. The van der Waals surface area contributed by atoms with Gasteiger partial charge in [0, 0.05) is 4.47 Å². The Kier molecular flexibility index (Phi) is 7.60. The first-order valence-electron chi connectivity index (χ1n) is 11.0. The molecule has 0 bridgehead atoms. The molecule has 0 radical (unpaired) electrons. The third kappa shape index (κ3) is 5.69. The van der Waals surface area contributed by atoms with E-state index >= 15 is 0 Å². The number of esters is 1. The number of nitrogens with zero attached hydrogens (tertiary/aromatic N) is 1. The molecule has 0 unspecified atom stereocenters. The number of amides is 4. The lowest BCUT2D eigenvalue weighted by Crippen LogP contribution is -2.54. The third-order valence-corrected chi connectivity index (χ3v) is 5.78. The summed E-state index contributed by atoms with van der Waals surface area (Å²) in [5, 5.41) is 2.18. The maximum atomic E-state index is 13.1. The topological polar surface area (TPSA) is 102 Å². The lowest BCUT2D eigenvalue weighted by molar-refractivity contribution is -0.122.